The van der Waals surface area contributed by atoms with E-state index in [-0.39, 0.29) is 36.1 Å². The number of rotatable bonds is 6. The number of carbonyl (C=O) groups excluding carboxylic acids is 4. The summed E-state index contributed by atoms with van der Waals surface area (Å²) >= 11 is 6.74. The van der Waals surface area contributed by atoms with E-state index in [0.29, 0.717) is 28.5 Å². The van der Waals surface area contributed by atoms with Crippen LogP contribution in [-0.4, -0.2) is 47.5 Å². The minimum atomic E-state index is -0.385. The van der Waals surface area contributed by atoms with Crippen LogP contribution in [0.2, 0.25) is 5.02 Å². The van der Waals surface area contributed by atoms with Crippen molar-refractivity contribution in [2.75, 3.05) is 24.5 Å². The molecule has 7 nitrogen and oxygen atoms in total. The third kappa shape index (κ3) is 4.87. The van der Waals surface area contributed by atoms with E-state index in [0.717, 1.165) is 34.3 Å². The first-order valence-corrected chi connectivity index (χ1v) is 11.3. The number of imide groups is 1. The summed E-state index contributed by atoms with van der Waals surface area (Å²) in [5, 5.41) is 2.94. The second-order valence-electron chi connectivity index (χ2n) is 7.34. The molecule has 2 aromatic rings. The van der Waals surface area contributed by atoms with Crippen LogP contribution in [0.5, 0.6) is 0 Å². The molecule has 2 saturated heterocycles. The molecule has 2 aliphatic rings. The number of nitrogens with one attached hydrogen (secondary N) is 1. The first-order valence-electron chi connectivity index (χ1n) is 10.1. The molecule has 1 N–H and O–H groups in total. The number of halogens is 1. The van der Waals surface area contributed by atoms with Gasteiger partial charge in [-0.05, 0) is 66.2 Å². The molecule has 0 aliphatic carbocycles. The second-order valence-corrected chi connectivity index (χ2v) is 8.77. The summed E-state index contributed by atoms with van der Waals surface area (Å²) in [5.74, 6) is -0.610. The third-order valence-electron chi connectivity index (χ3n) is 5.18. The van der Waals surface area contributed by atoms with Gasteiger partial charge in [-0.3, -0.25) is 24.1 Å². The van der Waals surface area contributed by atoms with Crippen LogP contribution in [0.15, 0.2) is 53.4 Å². The van der Waals surface area contributed by atoms with E-state index in [2.05, 4.69) is 5.32 Å². The number of benzene rings is 2. The minimum absolute atomic E-state index is 0.0781. The number of anilines is 1. The highest BCUT2D eigenvalue weighted by atomic mass is 35.5. The molecule has 0 atom stereocenters. The molecule has 2 heterocycles. The van der Waals surface area contributed by atoms with Gasteiger partial charge in [0.2, 0.25) is 5.91 Å². The Morgan fingerprint density at radius 1 is 1.06 bits per heavy atom. The molecule has 32 heavy (non-hydrogen) atoms. The summed E-state index contributed by atoms with van der Waals surface area (Å²) in [6.45, 7) is 0.904. The summed E-state index contributed by atoms with van der Waals surface area (Å²) in [4.78, 5) is 52.2. The number of thioether (sulfide) groups is 1. The molecular weight excluding hydrogens is 450 g/mol. The van der Waals surface area contributed by atoms with Crippen molar-refractivity contribution in [3.63, 3.8) is 0 Å². The summed E-state index contributed by atoms with van der Waals surface area (Å²) < 4.78 is 0. The average molecular weight is 470 g/mol. The predicted octanol–water partition coefficient (Wildman–Crippen LogP) is 3.93. The van der Waals surface area contributed by atoms with Crippen molar-refractivity contribution >= 4 is 58.1 Å². The molecule has 0 saturated carbocycles. The van der Waals surface area contributed by atoms with Crippen molar-refractivity contribution < 1.29 is 19.2 Å². The topological polar surface area (TPSA) is 86.8 Å². The summed E-state index contributed by atoms with van der Waals surface area (Å²) in [6.07, 6.45) is 3.03. The lowest BCUT2D eigenvalue weighted by molar-refractivity contribution is -0.122. The van der Waals surface area contributed by atoms with Gasteiger partial charge >= 0.3 is 0 Å². The van der Waals surface area contributed by atoms with Gasteiger partial charge in [0.1, 0.15) is 0 Å². The largest absolute Gasteiger partial charge is 0.350 e. The Kier molecular flexibility index (Phi) is 6.62. The fourth-order valence-corrected chi connectivity index (χ4v) is 4.49. The Bertz CT molecular complexity index is 1100. The van der Waals surface area contributed by atoms with Gasteiger partial charge in [-0.25, -0.2) is 0 Å². The van der Waals surface area contributed by atoms with Crippen LogP contribution < -0.4 is 10.2 Å². The number of amides is 4. The van der Waals surface area contributed by atoms with Crippen LogP contribution in [0.1, 0.15) is 28.8 Å². The monoisotopic (exact) mass is 469 g/mol. The van der Waals surface area contributed by atoms with Crippen molar-refractivity contribution in [2.24, 2.45) is 0 Å². The average Bonchev–Trinajstić information content (AvgIpc) is 3.33. The fraction of sp³-hybridized carbons (Fsp3) is 0.217. The van der Waals surface area contributed by atoms with E-state index in [1.54, 1.807) is 59.5 Å². The van der Waals surface area contributed by atoms with Crippen LogP contribution >= 0.6 is 23.4 Å². The predicted molar refractivity (Wildman–Crippen MR) is 124 cm³/mol. The normalized spacial score (nSPS) is 17.5. The van der Waals surface area contributed by atoms with Gasteiger partial charge in [0.25, 0.3) is 17.1 Å². The minimum Gasteiger partial charge on any atom is -0.350 e. The molecule has 2 aliphatic heterocycles. The first kappa shape index (κ1) is 22.1. The van der Waals surface area contributed by atoms with Crippen molar-refractivity contribution in [3.05, 3.63) is 69.6 Å². The van der Waals surface area contributed by atoms with Crippen LogP contribution in [0.25, 0.3) is 6.08 Å². The first-order chi connectivity index (χ1) is 15.4. The lowest BCUT2D eigenvalue weighted by atomic mass is 10.2. The quantitative estimate of drug-likeness (QED) is 0.648. The Morgan fingerprint density at radius 3 is 2.44 bits per heavy atom. The fourth-order valence-electron chi connectivity index (χ4n) is 3.50. The number of carbonyl (C=O) groups is 4. The van der Waals surface area contributed by atoms with Crippen LogP contribution in [0.4, 0.5) is 10.5 Å². The molecule has 0 spiro atoms. The molecule has 2 aromatic carbocycles. The second kappa shape index (κ2) is 9.58. The number of hydrogen-bond acceptors (Lipinski definition) is 5. The SMILES string of the molecule is O=C(NCCN1C(=O)S/C(=C\c2ccc(Cl)cc2)C1=O)c1ccc(N2CCCC2=O)cc1. The standard InChI is InChI=1S/C23H20ClN3O4S/c24-17-7-3-15(4-8-17)14-19-22(30)27(23(31)32-19)13-11-25-21(29)16-5-9-18(10-6-16)26-12-1-2-20(26)28/h3-10,14H,1-2,11-13H2,(H,25,29)/b19-14-. The van der Waals surface area contributed by atoms with E-state index in [4.69, 9.17) is 11.6 Å². The Balaban J connectivity index is 1.31. The van der Waals surface area contributed by atoms with E-state index in [1.165, 1.54) is 0 Å². The Labute approximate surface area is 194 Å². The van der Waals surface area contributed by atoms with Gasteiger partial charge < -0.3 is 10.2 Å². The van der Waals surface area contributed by atoms with Crippen LogP contribution in [0.3, 0.4) is 0 Å². The van der Waals surface area contributed by atoms with E-state index < -0.39 is 0 Å². The maximum atomic E-state index is 12.6. The van der Waals surface area contributed by atoms with Gasteiger partial charge in [0.15, 0.2) is 0 Å². The summed E-state index contributed by atoms with van der Waals surface area (Å²) in [6, 6.07) is 13.8. The molecule has 164 valence electrons. The molecule has 0 aromatic heterocycles. The molecular formula is C23H20ClN3O4S. The van der Waals surface area contributed by atoms with Crippen molar-refractivity contribution in [1.82, 2.24) is 10.2 Å². The Hall–Kier alpha value is -3.10. The van der Waals surface area contributed by atoms with Crippen molar-refractivity contribution in [1.29, 1.82) is 0 Å². The van der Waals surface area contributed by atoms with Gasteiger partial charge in [0, 0.05) is 42.3 Å². The zero-order valence-electron chi connectivity index (χ0n) is 17.0. The van der Waals surface area contributed by atoms with Crippen molar-refractivity contribution in [3.8, 4) is 0 Å². The van der Waals surface area contributed by atoms with E-state index in [1.807, 2.05) is 0 Å². The van der Waals surface area contributed by atoms with E-state index in [9.17, 15) is 19.2 Å². The molecule has 4 amide bonds. The summed E-state index contributed by atoms with van der Waals surface area (Å²) in [5.41, 5.74) is 1.98. The molecule has 4 rings (SSSR count). The smallest absolute Gasteiger partial charge is 0.293 e. The lowest BCUT2D eigenvalue weighted by Gasteiger charge is -2.16. The highest BCUT2D eigenvalue weighted by Gasteiger charge is 2.34. The van der Waals surface area contributed by atoms with Crippen molar-refractivity contribution in [2.45, 2.75) is 12.8 Å². The molecule has 0 bridgehead atoms. The highest BCUT2D eigenvalue weighted by Crippen LogP contribution is 2.32. The molecule has 0 unspecified atom stereocenters. The Morgan fingerprint density at radius 2 is 1.78 bits per heavy atom. The van der Waals surface area contributed by atoms with Gasteiger partial charge in [-0.1, -0.05) is 23.7 Å². The van der Waals surface area contributed by atoms with Crippen LogP contribution in [0, 0.1) is 0 Å². The molecule has 9 heteroatoms. The zero-order chi connectivity index (χ0) is 22.7. The summed E-state index contributed by atoms with van der Waals surface area (Å²) in [7, 11) is 0. The third-order valence-corrected chi connectivity index (χ3v) is 6.34. The zero-order valence-corrected chi connectivity index (χ0v) is 18.6. The van der Waals surface area contributed by atoms with Crippen LogP contribution in [-0.2, 0) is 9.59 Å². The lowest BCUT2D eigenvalue weighted by Crippen LogP contribution is -2.37. The number of hydrogen-bond donors (Lipinski definition) is 1. The highest BCUT2D eigenvalue weighted by molar-refractivity contribution is 8.18. The number of nitrogens with zero attached hydrogens (tertiary/aromatic N) is 2. The van der Waals surface area contributed by atoms with Gasteiger partial charge in [0.05, 0.1) is 4.91 Å². The maximum absolute atomic E-state index is 12.6. The molecule has 2 fully saturated rings. The van der Waals surface area contributed by atoms with E-state index >= 15 is 0 Å². The van der Waals surface area contributed by atoms with Gasteiger partial charge in [-0.2, -0.15) is 0 Å². The maximum Gasteiger partial charge on any atom is 0.293 e. The van der Waals surface area contributed by atoms with Gasteiger partial charge in [-0.15, -0.1) is 0 Å². The molecule has 0 radical (unpaired) electrons.